The van der Waals surface area contributed by atoms with Crippen molar-refractivity contribution in [2.75, 3.05) is 0 Å². The van der Waals surface area contributed by atoms with Crippen LogP contribution < -0.4 is 0 Å². The van der Waals surface area contributed by atoms with Crippen LogP contribution in [0.4, 0.5) is 0 Å². The first-order valence-electron chi connectivity index (χ1n) is 4.54. The van der Waals surface area contributed by atoms with Gasteiger partial charge in [-0.1, -0.05) is 20.3 Å². The molecule has 1 N–H and O–H groups in total. The highest BCUT2D eigenvalue weighted by Gasteiger charge is 2.09. The third-order valence-corrected chi connectivity index (χ3v) is 1.92. The van der Waals surface area contributed by atoms with Gasteiger partial charge in [-0.15, -0.1) is 0 Å². The van der Waals surface area contributed by atoms with E-state index in [-0.39, 0.29) is 0 Å². The molecule has 0 bridgehead atoms. The zero-order valence-electron chi connectivity index (χ0n) is 7.71. The van der Waals surface area contributed by atoms with E-state index in [4.69, 9.17) is 4.42 Å². The molecule has 1 unspecified atom stereocenters. The molecule has 0 saturated heterocycles. The van der Waals surface area contributed by atoms with Crippen LogP contribution in [0.25, 0.3) is 0 Å². The number of aliphatic hydroxyl groups is 1. The van der Waals surface area contributed by atoms with Gasteiger partial charge in [0.1, 0.15) is 17.6 Å². The van der Waals surface area contributed by atoms with Crippen LogP contribution in [-0.2, 0) is 6.42 Å². The van der Waals surface area contributed by atoms with Gasteiger partial charge in [0.15, 0.2) is 0 Å². The Bertz CT molecular complexity index is 227. The molecular formula is C10H16O2. The Kier molecular flexibility index (Phi) is 3.35. The van der Waals surface area contributed by atoms with Gasteiger partial charge in [-0.2, -0.15) is 0 Å². The zero-order chi connectivity index (χ0) is 8.97. The van der Waals surface area contributed by atoms with E-state index in [2.05, 4.69) is 0 Å². The third-order valence-electron chi connectivity index (χ3n) is 1.92. The van der Waals surface area contributed by atoms with Gasteiger partial charge in [0, 0.05) is 6.42 Å². The minimum atomic E-state index is -0.421. The van der Waals surface area contributed by atoms with Gasteiger partial charge in [-0.3, -0.25) is 0 Å². The molecule has 0 radical (unpaired) electrons. The van der Waals surface area contributed by atoms with Crippen molar-refractivity contribution >= 4 is 0 Å². The second kappa shape index (κ2) is 4.31. The van der Waals surface area contributed by atoms with Crippen molar-refractivity contribution in [3.8, 4) is 0 Å². The van der Waals surface area contributed by atoms with Gasteiger partial charge in [-0.25, -0.2) is 0 Å². The van der Waals surface area contributed by atoms with Gasteiger partial charge < -0.3 is 9.52 Å². The van der Waals surface area contributed by atoms with E-state index in [1.54, 1.807) is 0 Å². The van der Waals surface area contributed by atoms with Gasteiger partial charge >= 0.3 is 0 Å². The fourth-order valence-electron chi connectivity index (χ4n) is 1.18. The van der Waals surface area contributed by atoms with Crippen molar-refractivity contribution in [2.24, 2.45) is 0 Å². The quantitative estimate of drug-likeness (QED) is 0.749. The van der Waals surface area contributed by atoms with Crippen LogP contribution in [0.5, 0.6) is 0 Å². The highest BCUT2D eigenvalue weighted by Crippen LogP contribution is 2.20. The van der Waals surface area contributed by atoms with E-state index < -0.39 is 6.10 Å². The highest BCUT2D eigenvalue weighted by atomic mass is 16.4. The Hall–Kier alpha value is -0.760. The summed E-state index contributed by atoms with van der Waals surface area (Å²) in [5.74, 6) is 1.65. The Morgan fingerprint density at radius 2 is 2.17 bits per heavy atom. The maximum Gasteiger partial charge on any atom is 0.132 e. The van der Waals surface area contributed by atoms with Crippen LogP contribution in [-0.4, -0.2) is 5.11 Å². The summed E-state index contributed by atoms with van der Waals surface area (Å²) >= 11 is 0. The summed E-state index contributed by atoms with van der Waals surface area (Å²) in [5.41, 5.74) is 0. The zero-order valence-corrected chi connectivity index (χ0v) is 7.71. The molecule has 0 saturated carbocycles. The molecule has 0 amide bonds. The van der Waals surface area contributed by atoms with Crippen molar-refractivity contribution in [3.05, 3.63) is 23.7 Å². The Morgan fingerprint density at radius 3 is 2.67 bits per heavy atom. The van der Waals surface area contributed by atoms with E-state index >= 15 is 0 Å². The molecule has 1 heterocycles. The maximum absolute atomic E-state index is 9.54. The lowest BCUT2D eigenvalue weighted by Gasteiger charge is -2.04. The molecule has 0 aliphatic carbocycles. The molecule has 1 aromatic rings. The Morgan fingerprint density at radius 1 is 1.42 bits per heavy atom. The summed E-state index contributed by atoms with van der Waals surface area (Å²) in [6.07, 6.45) is 2.22. The first kappa shape index (κ1) is 9.33. The Labute approximate surface area is 73.2 Å². The monoisotopic (exact) mass is 168 g/mol. The van der Waals surface area contributed by atoms with Crippen LogP contribution in [0.15, 0.2) is 16.5 Å². The average Bonchev–Trinajstić information content (AvgIpc) is 2.52. The Balaban J connectivity index is 2.61. The molecule has 0 spiro atoms. The molecule has 1 atom stereocenters. The summed E-state index contributed by atoms with van der Waals surface area (Å²) in [6, 6.07) is 3.79. The molecule has 0 aromatic carbocycles. The summed E-state index contributed by atoms with van der Waals surface area (Å²) < 4.78 is 5.40. The number of hydrogen-bond acceptors (Lipinski definition) is 2. The fraction of sp³-hybridized carbons (Fsp3) is 0.600. The van der Waals surface area contributed by atoms with Crippen molar-refractivity contribution in [3.63, 3.8) is 0 Å². The molecule has 2 heteroatoms. The first-order chi connectivity index (χ1) is 5.77. The maximum atomic E-state index is 9.54. The van der Waals surface area contributed by atoms with Crippen LogP contribution in [0, 0.1) is 0 Å². The van der Waals surface area contributed by atoms with E-state index in [0.717, 1.165) is 25.0 Å². The second-order valence-electron chi connectivity index (χ2n) is 2.96. The summed E-state index contributed by atoms with van der Waals surface area (Å²) in [5, 5.41) is 9.54. The lowest BCUT2D eigenvalue weighted by molar-refractivity contribution is 0.137. The predicted octanol–water partition coefficient (Wildman–Crippen LogP) is 2.68. The average molecular weight is 168 g/mol. The molecular weight excluding hydrogens is 152 g/mol. The smallest absolute Gasteiger partial charge is 0.132 e. The normalized spacial score (nSPS) is 13.2. The third kappa shape index (κ3) is 2.11. The molecule has 12 heavy (non-hydrogen) atoms. The number of furan rings is 1. The molecule has 0 aliphatic heterocycles. The largest absolute Gasteiger partial charge is 0.463 e. The number of hydrogen-bond donors (Lipinski definition) is 1. The number of rotatable bonds is 4. The fourth-order valence-corrected chi connectivity index (χ4v) is 1.18. The van der Waals surface area contributed by atoms with Crippen LogP contribution in [0.1, 0.15) is 44.3 Å². The molecule has 2 nitrogen and oxygen atoms in total. The highest BCUT2D eigenvalue weighted by molar-refractivity contribution is 5.09. The number of aryl methyl sites for hydroxylation is 1. The lowest BCUT2D eigenvalue weighted by Crippen LogP contribution is -1.93. The van der Waals surface area contributed by atoms with Crippen molar-refractivity contribution in [2.45, 2.75) is 39.2 Å². The minimum absolute atomic E-state index is 0.421. The summed E-state index contributed by atoms with van der Waals surface area (Å²) in [4.78, 5) is 0. The number of aliphatic hydroxyl groups excluding tert-OH is 1. The van der Waals surface area contributed by atoms with Gasteiger partial charge in [0.05, 0.1) is 0 Å². The van der Waals surface area contributed by atoms with Crippen LogP contribution in [0.2, 0.25) is 0 Å². The van der Waals surface area contributed by atoms with E-state index in [1.807, 2.05) is 26.0 Å². The summed E-state index contributed by atoms with van der Waals surface area (Å²) in [7, 11) is 0. The molecule has 1 aromatic heterocycles. The van der Waals surface area contributed by atoms with Gasteiger partial charge in [0.2, 0.25) is 0 Å². The standard InChI is InChI=1S/C10H16O2/c1-3-5-9(11)10-7-6-8(4-2)12-10/h6-7,9,11H,3-5H2,1-2H3. The van der Waals surface area contributed by atoms with E-state index in [9.17, 15) is 5.11 Å². The minimum Gasteiger partial charge on any atom is -0.463 e. The molecule has 68 valence electrons. The van der Waals surface area contributed by atoms with Crippen molar-refractivity contribution in [1.82, 2.24) is 0 Å². The van der Waals surface area contributed by atoms with Crippen molar-refractivity contribution < 1.29 is 9.52 Å². The van der Waals surface area contributed by atoms with Crippen LogP contribution in [0.3, 0.4) is 0 Å². The van der Waals surface area contributed by atoms with Gasteiger partial charge in [-0.05, 0) is 18.6 Å². The molecule has 0 fully saturated rings. The second-order valence-corrected chi connectivity index (χ2v) is 2.96. The molecule has 1 rings (SSSR count). The lowest BCUT2D eigenvalue weighted by atomic mass is 10.2. The van der Waals surface area contributed by atoms with Crippen molar-refractivity contribution in [1.29, 1.82) is 0 Å². The van der Waals surface area contributed by atoms with Crippen LogP contribution >= 0.6 is 0 Å². The summed E-state index contributed by atoms with van der Waals surface area (Å²) in [6.45, 7) is 4.09. The predicted molar refractivity (Wildman–Crippen MR) is 48.0 cm³/mol. The first-order valence-corrected chi connectivity index (χ1v) is 4.54. The van der Waals surface area contributed by atoms with E-state index in [0.29, 0.717) is 5.76 Å². The SMILES string of the molecule is CCCC(O)c1ccc(CC)o1. The van der Waals surface area contributed by atoms with Gasteiger partial charge in [0.25, 0.3) is 0 Å². The topological polar surface area (TPSA) is 33.4 Å². The van der Waals surface area contributed by atoms with E-state index in [1.165, 1.54) is 0 Å². The molecule has 0 aliphatic rings.